The van der Waals surface area contributed by atoms with Crippen LogP contribution in [-0.2, 0) is 4.74 Å². The minimum absolute atomic E-state index is 0.0196. The van der Waals surface area contributed by atoms with E-state index in [-0.39, 0.29) is 5.92 Å². The van der Waals surface area contributed by atoms with Crippen LogP contribution in [0.1, 0.15) is 25.0 Å². The molecule has 20 heavy (non-hydrogen) atoms. The fourth-order valence-corrected chi connectivity index (χ4v) is 2.07. The summed E-state index contributed by atoms with van der Waals surface area (Å²) in [6.07, 6.45) is 0.0525. The smallest absolute Gasteiger partial charge is 0.132 e. The van der Waals surface area contributed by atoms with Crippen LogP contribution in [-0.4, -0.2) is 40.2 Å². The predicted molar refractivity (Wildman–Crippen MR) is 76.7 cm³/mol. The van der Waals surface area contributed by atoms with Crippen molar-refractivity contribution < 1.29 is 24.1 Å². The summed E-state index contributed by atoms with van der Waals surface area (Å²) in [6.45, 7) is 2.56. The van der Waals surface area contributed by atoms with E-state index in [0.717, 1.165) is 6.42 Å². The maximum atomic E-state index is 10.5. The van der Waals surface area contributed by atoms with Gasteiger partial charge in [-0.3, -0.25) is 0 Å². The number of ether oxygens (including phenoxy) is 4. The summed E-state index contributed by atoms with van der Waals surface area (Å²) in [5.41, 5.74) is 0.638. The molecule has 5 nitrogen and oxygen atoms in total. The molecule has 114 valence electrons. The van der Waals surface area contributed by atoms with Crippen LogP contribution >= 0.6 is 0 Å². The molecular weight excluding hydrogens is 260 g/mol. The van der Waals surface area contributed by atoms with Crippen molar-refractivity contribution in [2.24, 2.45) is 5.92 Å². The summed E-state index contributed by atoms with van der Waals surface area (Å²) < 4.78 is 21.0. The summed E-state index contributed by atoms with van der Waals surface area (Å²) in [5, 5.41) is 10.5. The molecule has 2 atom stereocenters. The van der Waals surface area contributed by atoms with Gasteiger partial charge in [-0.15, -0.1) is 0 Å². The molecule has 1 N–H and O–H groups in total. The van der Waals surface area contributed by atoms with Crippen molar-refractivity contribution in [1.82, 2.24) is 0 Å². The Kier molecular flexibility index (Phi) is 6.61. The number of methoxy groups -OCH3 is 4. The van der Waals surface area contributed by atoms with E-state index in [9.17, 15) is 5.11 Å². The molecular formula is C15H24O5. The molecule has 0 heterocycles. The molecule has 0 aliphatic heterocycles. The maximum absolute atomic E-state index is 10.5. The van der Waals surface area contributed by atoms with Crippen molar-refractivity contribution in [2.45, 2.75) is 19.4 Å². The summed E-state index contributed by atoms with van der Waals surface area (Å²) in [5.74, 6) is 1.75. The predicted octanol–water partition coefficient (Wildman–Crippen LogP) is 2.42. The number of benzene rings is 1. The average molecular weight is 284 g/mol. The van der Waals surface area contributed by atoms with Crippen LogP contribution in [0.4, 0.5) is 0 Å². The molecule has 0 aliphatic carbocycles. The Balaban J connectivity index is 3.13. The van der Waals surface area contributed by atoms with Gasteiger partial charge >= 0.3 is 0 Å². The van der Waals surface area contributed by atoms with Crippen LogP contribution in [0.3, 0.4) is 0 Å². The Morgan fingerprint density at radius 2 is 1.55 bits per heavy atom. The Hall–Kier alpha value is -1.46. The van der Waals surface area contributed by atoms with Gasteiger partial charge in [0.25, 0.3) is 0 Å². The van der Waals surface area contributed by atoms with Crippen LogP contribution in [0.2, 0.25) is 0 Å². The SMILES string of the molecule is COCCC(C)C(O)c1c(OC)cc(OC)cc1OC. The molecule has 0 saturated carbocycles. The standard InChI is InChI=1S/C15H24O5/c1-10(6-7-17-2)15(16)14-12(19-4)8-11(18-3)9-13(14)20-5/h8-10,15-16H,6-7H2,1-5H3. The first-order valence-corrected chi connectivity index (χ1v) is 6.55. The van der Waals surface area contributed by atoms with Crippen LogP contribution in [0, 0.1) is 5.92 Å². The molecule has 2 unspecified atom stereocenters. The second kappa shape index (κ2) is 7.97. The van der Waals surface area contributed by atoms with Gasteiger partial charge in [-0.25, -0.2) is 0 Å². The van der Waals surface area contributed by atoms with Gasteiger partial charge in [0.2, 0.25) is 0 Å². The lowest BCUT2D eigenvalue weighted by Crippen LogP contribution is -2.14. The summed E-state index contributed by atoms with van der Waals surface area (Å²) >= 11 is 0. The van der Waals surface area contributed by atoms with Crippen molar-refractivity contribution in [3.8, 4) is 17.2 Å². The van der Waals surface area contributed by atoms with Gasteiger partial charge < -0.3 is 24.1 Å². The van der Waals surface area contributed by atoms with E-state index in [4.69, 9.17) is 18.9 Å². The second-order valence-corrected chi connectivity index (χ2v) is 4.65. The van der Waals surface area contributed by atoms with E-state index < -0.39 is 6.10 Å². The fraction of sp³-hybridized carbons (Fsp3) is 0.600. The van der Waals surface area contributed by atoms with Crippen molar-refractivity contribution in [1.29, 1.82) is 0 Å². The monoisotopic (exact) mass is 284 g/mol. The first-order valence-electron chi connectivity index (χ1n) is 6.55. The third-order valence-electron chi connectivity index (χ3n) is 3.37. The number of aliphatic hydroxyl groups is 1. The van der Waals surface area contributed by atoms with Gasteiger partial charge in [0, 0.05) is 25.8 Å². The van der Waals surface area contributed by atoms with Crippen molar-refractivity contribution in [3.05, 3.63) is 17.7 Å². The van der Waals surface area contributed by atoms with Crippen LogP contribution < -0.4 is 14.2 Å². The van der Waals surface area contributed by atoms with Crippen molar-refractivity contribution in [2.75, 3.05) is 35.0 Å². The van der Waals surface area contributed by atoms with E-state index in [2.05, 4.69) is 0 Å². The van der Waals surface area contributed by atoms with E-state index in [1.165, 1.54) is 0 Å². The highest BCUT2D eigenvalue weighted by Gasteiger charge is 2.25. The molecule has 5 heteroatoms. The molecule has 0 bridgehead atoms. The molecule has 0 aromatic heterocycles. The third kappa shape index (κ3) is 3.77. The molecule has 0 spiro atoms. The first kappa shape index (κ1) is 16.6. The molecule has 0 radical (unpaired) electrons. The summed E-state index contributed by atoms with van der Waals surface area (Å²) in [6, 6.07) is 3.48. The van der Waals surface area contributed by atoms with Crippen LogP contribution in [0.5, 0.6) is 17.2 Å². The zero-order chi connectivity index (χ0) is 15.1. The zero-order valence-electron chi connectivity index (χ0n) is 12.8. The Bertz CT molecular complexity index is 394. The fourth-order valence-electron chi connectivity index (χ4n) is 2.07. The molecule has 1 aromatic rings. The highest BCUT2D eigenvalue weighted by Crippen LogP contribution is 2.41. The normalized spacial score (nSPS) is 13.7. The lowest BCUT2D eigenvalue weighted by molar-refractivity contribution is 0.0843. The zero-order valence-corrected chi connectivity index (χ0v) is 12.8. The maximum Gasteiger partial charge on any atom is 0.132 e. The van der Waals surface area contributed by atoms with Crippen molar-refractivity contribution >= 4 is 0 Å². The lowest BCUT2D eigenvalue weighted by atomic mass is 9.93. The molecule has 0 fully saturated rings. The number of rotatable bonds is 8. The van der Waals surface area contributed by atoms with E-state index in [1.807, 2.05) is 6.92 Å². The Morgan fingerprint density at radius 3 is 1.95 bits per heavy atom. The van der Waals surface area contributed by atoms with Gasteiger partial charge in [0.1, 0.15) is 17.2 Å². The largest absolute Gasteiger partial charge is 0.496 e. The van der Waals surface area contributed by atoms with Gasteiger partial charge in [0.15, 0.2) is 0 Å². The van der Waals surface area contributed by atoms with E-state index in [1.54, 1.807) is 40.6 Å². The lowest BCUT2D eigenvalue weighted by Gasteiger charge is -2.23. The van der Waals surface area contributed by atoms with Crippen LogP contribution in [0.25, 0.3) is 0 Å². The summed E-state index contributed by atoms with van der Waals surface area (Å²) in [4.78, 5) is 0. The van der Waals surface area contributed by atoms with Crippen LogP contribution in [0.15, 0.2) is 12.1 Å². The number of aliphatic hydroxyl groups excluding tert-OH is 1. The molecule has 0 aliphatic rings. The van der Waals surface area contributed by atoms with Gasteiger partial charge in [-0.1, -0.05) is 6.92 Å². The first-order chi connectivity index (χ1) is 9.58. The molecule has 1 rings (SSSR count). The van der Waals surface area contributed by atoms with E-state index in [0.29, 0.717) is 29.4 Å². The third-order valence-corrected chi connectivity index (χ3v) is 3.37. The molecule has 0 amide bonds. The van der Waals surface area contributed by atoms with Gasteiger partial charge in [-0.2, -0.15) is 0 Å². The van der Waals surface area contributed by atoms with Gasteiger partial charge in [-0.05, 0) is 12.3 Å². The highest BCUT2D eigenvalue weighted by molar-refractivity contribution is 5.52. The number of hydrogen-bond donors (Lipinski definition) is 1. The minimum Gasteiger partial charge on any atom is -0.496 e. The highest BCUT2D eigenvalue weighted by atomic mass is 16.5. The molecule has 0 saturated heterocycles. The number of hydrogen-bond acceptors (Lipinski definition) is 5. The Morgan fingerprint density at radius 1 is 1.00 bits per heavy atom. The quantitative estimate of drug-likeness (QED) is 0.794. The second-order valence-electron chi connectivity index (χ2n) is 4.65. The van der Waals surface area contributed by atoms with E-state index >= 15 is 0 Å². The van der Waals surface area contributed by atoms with Gasteiger partial charge in [0.05, 0.1) is 33.0 Å². The average Bonchev–Trinajstić information content (AvgIpc) is 2.50. The van der Waals surface area contributed by atoms with Crippen molar-refractivity contribution in [3.63, 3.8) is 0 Å². The summed E-state index contributed by atoms with van der Waals surface area (Å²) in [7, 11) is 6.34. The minimum atomic E-state index is -0.694. The Labute approximate surface area is 120 Å². The topological polar surface area (TPSA) is 57.2 Å². The molecule has 1 aromatic carbocycles.